The van der Waals surface area contributed by atoms with Crippen molar-refractivity contribution in [3.05, 3.63) is 34.1 Å². The number of halogens is 2. The van der Waals surface area contributed by atoms with Gasteiger partial charge in [-0.05, 0) is 49.3 Å². The number of rotatable bonds is 3. The molecule has 1 amide bonds. The second-order valence-electron chi connectivity index (χ2n) is 6.73. The minimum Gasteiger partial charge on any atom is -0.388 e. The van der Waals surface area contributed by atoms with Gasteiger partial charge >= 0.3 is 0 Å². The molecule has 0 bridgehead atoms. The van der Waals surface area contributed by atoms with Gasteiger partial charge in [-0.1, -0.05) is 29.8 Å². The summed E-state index contributed by atoms with van der Waals surface area (Å²) in [6.45, 7) is 4.58. The maximum absolute atomic E-state index is 13.3. The van der Waals surface area contributed by atoms with Crippen LogP contribution in [-0.4, -0.2) is 23.2 Å². The lowest BCUT2D eigenvalue weighted by atomic mass is 9.71. The number of nitrogens with one attached hydrogen (secondary N) is 1. The monoisotopic (exact) mass is 357 g/mol. The molecule has 116 valence electrons. The fraction of sp³-hybridized carbons (Fsp3) is 0.562. The molecule has 2 N–H and O–H groups in total. The Morgan fingerprint density at radius 2 is 1.90 bits per heavy atom. The molecule has 2 rings (SSSR count). The van der Waals surface area contributed by atoms with Crippen molar-refractivity contribution in [2.75, 3.05) is 6.54 Å². The molecule has 5 heteroatoms. The summed E-state index contributed by atoms with van der Waals surface area (Å²) in [6, 6.07) is 4.05. The van der Waals surface area contributed by atoms with E-state index in [-0.39, 0.29) is 23.4 Å². The summed E-state index contributed by atoms with van der Waals surface area (Å²) in [5.74, 6) is -0.832. The SMILES string of the molecule is CC1(C)CCC(O)(CNC(=O)c2cc(F)cc(Br)c2)CC1. The standard InChI is InChI=1S/C16H21BrFNO2/c1-15(2)3-5-16(21,6-4-15)10-19-14(20)11-7-12(17)9-13(18)8-11/h7-9,21H,3-6,10H2,1-2H3,(H,19,20). The highest BCUT2D eigenvalue weighted by atomic mass is 79.9. The molecule has 0 saturated heterocycles. The van der Waals surface area contributed by atoms with Crippen LogP contribution in [0.1, 0.15) is 49.9 Å². The van der Waals surface area contributed by atoms with Gasteiger partial charge in [0.25, 0.3) is 5.91 Å². The van der Waals surface area contributed by atoms with Gasteiger partial charge in [-0.15, -0.1) is 0 Å². The maximum Gasteiger partial charge on any atom is 0.251 e. The summed E-state index contributed by atoms with van der Waals surface area (Å²) < 4.78 is 13.8. The van der Waals surface area contributed by atoms with E-state index in [1.165, 1.54) is 12.1 Å². The van der Waals surface area contributed by atoms with Gasteiger partial charge in [0.2, 0.25) is 0 Å². The van der Waals surface area contributed by atoms with Crippen LogP contribution in [0, 0.1) is 11.2 Å². The molecule has 0 spiro atoms. The van der Waals surface area contributed by atoms with Crippen molar-refractivity contribution in [1.82, 2.24) is 5.32 Å². The van der Waals surface area contributed by atoms with Crippen LogP contribution in [0.15, 0.2) is 22.7 Å². The predicted octanol–water partition coefficient (Wildman–Crippen LogP) is 3.65. The van der Waals surface area contributed by atoms with Crippen molar-refractivity contribution < 1.29 is 14.3 Å². The molecule has 1 aromatic rings. The first-order valence-electron chi connectivity index (χ1n) is 7.16. The van der Waals surface area contributed by atoms with Crippen LogP contribution in [-0.2, 0) is 0 Å². The van der Waals surface area contributed by atoms with E-state index in [1.54, 1.807) is 6.07 Å². The van der Waals surface area contributed by atoms with Crippen molar-refractivity contribution in [1.29, 1.82) is 0 Å². The predicted molar refractivity (Wildman–Crippen MR) is 83.6 cm³/mol. The third kappa shape index (κ3) is 4.51. The van der Waals surface area contributed by atoms with E-state index in [0.29, 0.717) is 17.3 Å². The Bertz CT molecular complexity index is 515. The topological polar surface area (TPSA) is 49.3 Å². The lowest BCUT2D eigenvalue weighted by Gasteiger charge is -2.40. The molecule has 1 aromatic carbocycles. The summed E-state index contributed by atoms with van der Waals surface area (Å²) in [5.41, 5.74) is -0.346. The fourth-order valence-electron chi connectivity index (χ4n) is 2.60. The van der Waals surface area contributed by atoms with E-state index < -0.39 is 11.4 Å². The summed E-state index contributed by atoms with van der Waals surface area (Å²) in [4.78, 5) is 12.1. The molecule has 0 aliphatic heterocycles. The molecule has 1 saturated carbocycles. The zero-order valence-electron chi connectivity index (χ0n) is 12.4. The van der Waals surface area contributed by atoms with Gasteiger partial charge in [-0.25, -0.2) is 4.39 Å². The van der Waals surface area contributed by atoms with Crippen LogP contribution in [0.25, 0.3) is 0 Å². The van der Waals surface area contributed by atoms with Crippen molar-refractivity contribution in [3.63, 3.8) is 0 Å². The largest absolute Gasteiger partial charge is 0.388 e. The number of benzene rings is 1. The Balaban J connectivity index is 1.95. The van der Waals surface area contributed by atoms with Gasteiger partial charge in [-0.3, -0.25) is 4.79 Å². The molecular formula is C16H21BrFNO2. The number of carbonyl (C=O) groups is 1. The van der Waals surface area contributed by atoms with E-state index in [9.17, 15) is 14.3 Å². The summed E-state index contributed by atoms with van der Waals surface area (Å²) in [6.07, 6.45) is 3.22. The average Bonchev–Trinajstić information content (AvgIpc) is 2.39. The Morgan fingerprint density at radius 3 is 2.48 bits per heavy atom. The summed E-state index contributed by atoms with van der Waals surface area (Å²) >= 11 is 3.16. The van der Waals surface area contributed by atoms with Crippen LogP contribution in [0.2, 0.25) is 0 Å². The Labute approximate surface area is 133 Å². The molecule has 21 heavy (non-hydrogen) atoms. The molecular weight excluding hydrogens is 337 g/mol. The fourth-order valence-corrected chi connectivity index (χ4v) is 3.07. The average molecular weight is 358 g/mol. The van der Waals surface area contributed by atoms with Crippen molar-refractivity contribution >= 4 is 21.8 Å². The van der Waals surface area contributed by atoms with Gasteiger partial charge in [-0.2, -0.15) is 0 Å². The molecule has 3 nitrogen and oxygen atoms in total. The number of amides is 1. The zero-order valence-corrected chi connectivity index (χ0v) is 14.0. The van der Waals surface area contributed by atoms with E-state index in [2.05, 4.69) is 35.1 Å². The normalized spacial score (nSPS) is 20.0. The lowest BCUT2D eigenvalue weighted by molar-refractivity contribution is -0.0233. The van der Waals surface area contributed by atoms with Crippen LogP contribution in [0.5, 0.6) is 0 Å². The smallest absolute Gasteiger partial charge is 0.251 e. The van der Waals surface area contributed by atoms with Gasteiger partial charge in [0, 0.05) is 16.6 Å². The number of hydrogen-bond acceptors (Lipinski definition) is 2. The maximum atomic E-state index is 13.3. The molecule has 0 radical (unpaired) electrons. The van der Waals surface area contributed by atoms with Crippen LogP contribution >= 0.6 is 15.9 Å². The molecule has 0 aromatic heterocycles. The van der Waals surface area contributed by atoms with E-state index in [4.69, 9.17) is 0 Å². The van der Waals surface area contributed by atoms with Crippen molar-refractivity contribution in [2.45, 2.75) is 45.1 Å². The first-order valence-corrected chi connectivity index (χ1v) is 7.95. The van der Waals surface area contributed by atoms with Gasteiger partial charge in [0.1, 0.15) is 5.82 Å². The zero-order chi connectivity index (χ0) is 15.7. The van der Waals surface area contributed by atoms with Crippen molar-refractivity contribution in [3.8, 4) is 0 Å². The highest BCUT2D eigenvalue weighted by Gasteiger charge is 2.36. The van der Waals surface area contributed by atoms with Gasteiger partial charge in [0.05, 0.1) is 5.60 Å². The number of aliphatic hydroxyl groups is 1. The summed E-state index contributed by atoms with van der Waals surface area (Å²) in [5, 5.41) is 13.2. The lowest BCUT2D eigenvalue weighted by Crippen LogP contribution is -2.46. The Kier molecular flexibility index (Phi) is 4.73. The quantitative estimate of drug-likeness (QED) is 0.867. The third-order valence-corrected chi connectivity index (χ3v) is 4.69. The molecule has 1 aliphatic carbocycles. The highest BCUT2D eigenvalue weighted by molar-refractivity contribution is 9.10. The molecule has 1 aliphatic rings. The minimum atomic E-state index is -0.851. The van der Waals surface area contributed by atoms with Gasteiger partial charge in [0.15, 0.2) is 0 Å². The molecule has 0 atom stereocenters. The number of hydrogen-bond donors (Lipinski definition) is 2. The Hall–Kier alpha value is -0.940. The van der Waals surface area contributed by atoms with E-state index in [0.717, 1.165) is 12.8 Å². The van der Waals surface area contributed by atoms with Crippen LogP contribution in [0.4, 0.5) is 4.39 Å². The first-order chi connectivity index (χ1) is 9.69. The minimum absolute atomic E-state index is 0.204. The Morgan fingerprint density at radius 1 is 1.29 bits per heavy atom. The van der Waals surface area contributed by atoms with Crippen LogP contribution < -0.4 is 5.32 Å². The van der Waals surface area contributed by atoms with E-state index >= 15 is 0 Å². The van der Waals surface area contributed by atoms with Crippen LogP contribution in [0.3, 0.4) is 0 Å². The first kappa shape index (κ1) is 16.4. The summed E-state index contributed by atoms with van der Waals surface area (Å²) in [7, 11) is 0. The molecule has 0 unspecified atom stereocenters. The van der Waals surface area contributed by atoms with Gasteiger partial charge < -0.3 is 10.4 Å². The molecule has 0 heterocycles. The second-order valence-corrected chi connectivity index (χ2v) is 7.65. The highest BCUT2D eigenvalue weighted by Crippen LogP contribution is 2.39. The number of carbonyl (C=O) groups excluding carboxylic acids is 1. The van der Waals surface area contributed by atoms with E-state index in [1.807, 2.05) is 0 Å². The molecule has 1 fully saturated rings. The second kappa shape index (κ2) is 6.05. The van der Waals surface area contributed by atoms with Crippen molar-refractivity contribution in [2.24, 2.45) is 5.41 Å². The third-order valence-electron chi connectivity index (χ3n) is 4.24.